The van der Waals surface area contributed by atoms with E-state index in [-0.39, 0.29) is 18.4 Å². The molecular formula is C21H23N3O3. The number of benzene rings is 2. The zero-order valence-corrected chi connectivity index (χ0v) is 15.9. The first-order chi connectivity index (χ1) is 12.8. The van der Waals surface area contributed by atoms with Crippen molar-refractivity contribution in [2.75, 3.05) is 18.9 Å². The second kappa shape index (κ2) is 8.86. The number of nitrogens with one attached hydrogen (secondary N) is 1. The van der Waals surface area contributed by atoms with Gasteiger partial charge < -0.3 is 15.0 Å². The molecule has 0 aliphatic carbocycles. The van der Waals surface area contributed by atoms with Gasteiger partial charge in [0.25, 0.3) is 5.91 Å². The minimum Gasteiger partial charge on any atom is -0.481 e. The molecule has 0 aliphatic rings. The third-order valence-corrected chi connectivity index (χ3v) is 4.15. The number of carbonyl (C=O) groups excluding carboxylic acids is 2. The first kappa shape index (κ1) is 20.0. The second-order valence-electron chi connectivity index (χ2n) is 6.41. The number of aryl methyl sites for hydroxylation is 2. The standard InChI is InChI=1S/C21H23N3O3/c1-14-6-5-7-15(2)20(14)23-19(25)13-24(4)21(26)16(3)27-18-10-8-17(12-22)9-11-18/h5-11,16H,13H2,1-4H3,(H,23,25). The third kappa shape index (κ3) is 5.32. The largest absolute Gasteiger partial charge is 0.481 e. The molecular weight excluding hydrogens is 342 g/mol. The van der Waals surface area contributed by atoms with Crippen LogP contribution >= 0.6 is 0 Å². The van der Waals surface area contributed by atoms with Crippen LogP contribution in [0.5, 0.6) is 5.75 Å². The molecule has 0 saturated heterocycles. The lowest BCUT2D eigenvalue weighted by atomic mass is 10.1. The summed E-state index contributed by atoms with van der Waals surface area (Å²) >= 11 is 0. The Morgan fingerprint density at radius 3 is 2.30 bits per heavy atom. The van der Waals surface area contributed by atoms with E-state index >= 15 is 0 Å². The van der Waals surface area contributed by atoms with Gasteiger partial charge in [-0.1, -0.05) is 18.2 Å². The Balaban J connectivity index is 1.93. The average molecular weight is 365 g/mol. The monoisotopic (exact) mass is 365 g/mol. The number of hydrogen-bond acceptors (Lipinski definition) is 4. The van der Waals surface area contributed by atoms with E-state index in [1.54, 1.807) is 38.2 Å². The van der Waals surface area contributed by atoms with E-state index in [1.165, 1.54) is 4.90 Å². The molecule has 27 heavy (non-hydrogen) atoms. The van der Waals surface area contributed by atoms with Crippen LogP contribution in [0.3, 0.4) is 0 Å². The van der Waals surface area contributed by atoms with Crippen molar-refractivity contribution in [3.05, 3.63) is 59.2 Å². The Bertz CT molecular complexity index is 849. The fraction of sp³-hybridized carbons (Fsp3) is 0.286. The van der Waals surface area contributed by atoms with Crippen molar-refractivity contribution >= 4 is 17.5 Å². The SMILES string of the molecule is Cc1cccc(C)c1NC(=O)CN(C)C(=O)C(C)Oc1ccc(C#N)cc1. The molecule has 6 heteroatoms. The number of amides is 2. The molecule has 0 spiro atoms. The molecule has 0 radical (unpaired) electrons. The number of para-hydroxylation sites is 1. The minimum absolute atomic E-state index is 0.0757. The lowest BCUT2D eigenvalue weighted by Crippen LogP contribution is -2.42. The van der Waals surface area contributed by atoms with E-state index in [1.807, 2.05) is 38.1 Å². The van der Waals surface area contributed by atoms with Crippen LogP contribution in [-0.4, -0.2) is 36.4 Å². The Morgan fingerprint density at radius 2 is 1.74 bits per heavy atom. The number of ether oxygens (including phenoxy) is 1. The van der Waals surface area contributed by atoms with Crippen LogP contribution in [0.4, 0.5) is 5.69 Å². The summed E-state index contributed by atoms with van der Waals surface area (Å²) in [6, 6.07) is 14.3. The number of rotatable bonds is 6. The number of hydrogen-bond donors (Lipinski definition) is 1. The van der Waals surface area contributed by atoms with E-state index in [2.05, 4.69) is 5.32 Å². The number of likely N-dealkylation sites (N-methyl/N-ethyl adjacent to an activating group) is 1. The average Bonchev–Trinajstić information content (AvgIpc) is 2.64. The number of anilines is 1. The highest BCUT2D eigenvalue weighted by molar-refractivity contribution is 5.96. The fourth-order valence-corrected chi connectivity index (χ4v) is 2.66. The van der Waals surface area contributed by atoms with Crippen molar-refractivity contribution in [3.8, 4) is 11.8 Å². The van der Waals surface area contributed by atoms with Gasteiger partial charge in [-0.25, -0.2) is 0 Å². The number of nitrogens with zero attached hydrogens (tertiary/aromatic N) is 2. The van der Waals surface area contributed by atoms with Crippen molar-refractivity contribution in [2.45, 2.75) is 26.9 Å². The van der Waals surface area contributed by atoms with Gasteiger partial charge in [-0.3, -0.25) is 9.59 Å². The fourth-order valence-electron chi connectivity index (χ4n) is 2.66. The topological polar surface area (TPSA) is 82.4 Å². The summed E-state index contributed by atoms with van der Waals surface area (Å²) in [6.45, 7) is 5.39. The maximum absolute atomic E-state index is 12.5. The van der Waals surface area contributed by atoms with Gasteiger partial charge in [-0.15, -0.1) is 0 Å². The van der Waals surface area contributed by atoms with Crippen LogP contribution in [0.25, 0.3) is 0 Å². The Morgan fingerprint density at radius 1 is 1.15 bits per heavy atom. The molecule has 140 valence electrons. The molecule has 0 fully saturated rings. The van der Waals surface area contributed by atoms with Gasteiger partial charge in [0.1, 0.15) is 5.75 Å². The zero-order valence-electron chi connectivity index (χ0n) is 15.9. The van der Waals surface area contributed by atoms with Gasteiger partial charge >= 0.3 is 0 Å². The maximum atomic E-state index is 12.5. The van der Waals surface area contributed by atoms with Crippen LogP contribution in [-0.2, 0) is 9.59 Å². The van der Waals surface area contributed by atoms with E-state index in [0.29, 0.717) is 11.3 Å². The Kier molecular flexibility index (Phi) is 6.56. The summed E-state index contributed by atoms with van der Waals surface area (Å²) in [4.78, 5) is 26.1. The van der Waals surface area contributed by atoms with E-state index in [0.717, 1.165) is 16.8 Å². The first-order valence-electron chi connectivity index (χ1n) is 8.59. The molecule has 2 rings (SSSR count). The smallest absolute Gasteiger partial charge is 0.263 e. The van der Waals surface area contributed by atoms with Gasteiger partial charge in [-0.05, 0) is 56.2 Å². The number of carbonyl (C=O) groups is 2. The van der Waals surface area contributed by atoms with Gasteiger partial charge in [-0.2, -0.15) is 5.26 Å². The molecule has 0 bridgehead atoms. The van der Waals surface area contributed by atoms with Crippen LogP contribution in [0, 0.1) is 25.2 Å². The number of nitriles is 1. The predicted octanol–water partition coefficient (Wildman–Crippen LogP) is 3.04. The highest BCUT2D eigenvalue weighted by atomic mass is 16.5. The van der Waals surface area contributed by atoms with Crippen LogP contribution in [0.2, 0.25) is 0 Å². The molecule has 2 amide bonds. The molecule has 6 nitrogen and oxygen atoms in total. The first-order valence-corrected chi connectivity index (χ1v) is 8.59. The molecule has 0 heterocycles. The van der Waals surface area contributed by atoms with Gasteiger partial charge in [0.05, 0.1) is 18.2 Å². The van der Waals surface area contributed by atoms with Crippen LogP contribution in [0.15, 0.2) is 42.5 Å². The normalized spacial score (nSPS) is 11.2. The summed E-state index contributed by atoms with van der Waals surface area (Å²) in [6.07, 6.45) is -0.754. The van der Waals surface area contributed by atoms with Gasteiger partial charge in [0.2, 0.25) is 5.91 Å². The van der Waals surface area contributed by atoms with Crippen molar-refractivity contribution in [1.29, 1.82) is 5.26 Å². The molecule has 0 aromatic heterocycles. The molecule has 0 aliphatic heterocycles. The summed E-state index contributed by atoms with van der Waals surface area (Å²) in [7, 11) is 1.56. The zero-order chi connectivity index (χ0) is 20.0. The van der Waals surface area contributed by atoms with E-state index in [4.69, 9.17) is 10.00 Å². The van der Waals surface area contributed by atoms with Crippen LogP contribution < -0.4 is 10.1 Å². The van der Waals surface area contributed by atoms with Crippen molar-refractivity contribution in [1.82, 2.24) is 4.90 Å². The Hall–Kier alpha value is -3.33. The summed E-state index contributed by atoms with van der Waals surface area (Å²) in [5.74, 6) is -0.0897. The molecule has 1 unspecified atom stereocenters. The lowest BCUT2D eigenvalue weighted by molar-refractivity contribution is -0.139. The lowest BCUT2D eigenvalue weighted by Gasteiger charge is -2.22. The summed E-state index contributed by atoms with van der Waals surface area (Å²) in [5, 5.41) is 11.7. The summed E-state index contributed by atoms with van der Waals surface area (Å²) < 4.78 is 5.60. The highest BCUT2D eigenvalue weighted by Crippen LogP contribution is 2.19. The van der Waals surface area contributed by atoms with Gasteiger partial charge in [0.15, 0.2) is 6.10 Å². The van der Waals surface area contributed by atoms with Crippen molar-refractivity contribution in [3.63, 3.8) is 0 Å². The highest BCUT2D eigenvalue weighted by Gasteiger charge is 2.21. The minimum atomic E-state index is -0.754. The molecule has 2 aromatic carbocycles. The molecule has 1 atom stereocenters. The molecule has 1 N–H and O–H groups in total. The molecule has 2 aromatic rings. The molecule has 0 saturated carbocycles. The Labute approximate surface area is 159 Å². The van der Waals surface area contributed by atoms with Crippen molar-refractivity contribution < 1.29 is 14.3 Å². The van der Waals surface area contributed by atoms with Gasteiger partial charge in [0, 0.05) is 12.7 Å². The van der Waals surface area contributed by atoms with E-state index < -0.39 is 6.10 Å². The van der Waals surface area contributed by atoms with Crippen molar-refractivity contribution in [2.24, 2.45) is 0 Å². The maximum Gasteiger partial charge on any atom is 0.263 e. The third-order valence-electron chi connectivity index (χ3n) is 4.15. The van der Waals surface area contributed by atoms with E-state index in [9.17, 15) is 9.59 Å². The van der Waals surface area contributed by atoms with Crippen LogP contribution in [0.1, 0.15) is 23.6 Å². The second-order valence-corrected chi connectivity index (χ2v) is 6.41. The predicted molar refractivity (Wildman–Crippen MR) is 103 cm³/mol. The quantitative estimate of drug-likeness (QED) is 0.853. The summed E-state index contributed by atoms with van der Waals surface area (Å²) in [5.41, 5.74) is 3.22.